The number of carbonyl (C=O) groups excluding carboxylic acids is 2. The van der Waals surface area contributed by atoms with Crippen LogP contribution in [0, 0.1) is 0 Å². The van der Waals surface area contributed by atoms with Gasteiger partial charge in [-0.1, -0.05) is 12.1 Å². The zero-order valence-corrected chi connectivity index (χ0v) is 14.4. The van der Waals surface area contributed by atoms with E-state index in [-0.39, 0.29) is 6.54 Å². The second-order valence-electron chi connectivity index (χ2n) is 6.25. The molecule has 2 amide bonds. The molecule has 2 aromatic heterocycles. The first-order valence-electron chi connectivity index (χ1n) is 8.57. The Labute approximate surface area is 154 Å². The number of tetrazole rings is 1. The van der Waals surface area contributed by atoms with E-state index in [1.54, 1.807) is 47.4 Å². The second-order valence-corrected chi connectivity index (χ2v) is 6.25. The number of carbonyl (C=O) groups is 2. The second kappa shape index (κ2) is 7.32. The smallest absolute Gasteiger partial charge is 0.313 e. The van der Waals surface area contributed by atoms with Crippen molar-refractivity contribution in [1.82, 2.24) is 30.5 Å². The van der Waals surface area contributed by atoms with Crippen LogP contribution in [-0.2, 0) is 16.1 Å². The third-order valence-electron chi connectivity index (χ3n) is 4.17. The minimum Gasteiger partial charge on any atom is -0.344 e. The predicted octanol–water partition coefficient (Wildman–Crippen LogP) is 1.32. The van der Waals surface area contributed by atoms with Crippen molar-refractivity contribution in [2.45, 2.75) is 25.4 Å². The lowest BCUT2D eigenvalue weighted by molar-refractivity contribution is -0.136. The fourth-order valence-corrected chi connectivity index (χ4v) is 2.64. The summed E-state index contributed by atoms with van der Waals surface area (Å²) < 4.78 is 1.79. The number of rotatable bonds is 5. The largest absolute Gasteiger partial charge is 0.344 e. The third kappa shape index (κ3) is 3.97. The van der Waals surface area contributed by atoms with E-state index in [9.17, 15) is 9.59 Å². The molecule has 1 aliphatic rings. The molecule has 2 N–H and O–H groups in total. The lowest BCUT2D eigenvalue weighted by Gasteiger charge is -2.08. The first-order valence-corrected chi connectivity index (χ1v) is 8.57. The molecule has 1 fully saturated rings. The van der Waals surface area contributed by atoms with Crippen LogP contribution in [0.2, 0.25) is 0 Å². The van der Waals surface area contributed by atoms with Gasteiger partial charge in [0.25, 0.3) is 0 Å². The van der Waals surface area contributed by atoms with Gasteiger partial charge in [0.2, 0.25) is 0 Å². The molecule has 0 atom stereocenters. The van der Waals surface area contributed by atoms with Crippen molar-refractivity contribution in [3.8, 4) is 11.4 Å². The van der Waals surface area contributed by atoms with Gasteiger partial charge < -0.3 is 10.6 Å². The molecule has 9 nitrogen and oxygen atoms in total. The molecule has 27 heavy (non-hydrogen) atoms. The van der Waals surface area contributed by atoms with Gasteiger partial charge in [-0.25, -0.2) is 4.68 Å². The molecule has 3 aromatic rings. The summed E-state index contributed by atoms with van der Waals surface area (Å²) in [7, 11) is 0. The number of hydrogen-bond donors (Lipinski definition) is 2. The fourth-order valence-electron chi connectivity index (χ4n) is 2.64. The topological polar surface area (TPSA) is 115 Å². The summed E-state index contributed by atoms with van der Waals surface area (Å²) in [6, 6.07) is 11.0. The van der Waals surface area contributed by atoms with Gasteiger partial charge in [-0.15, -0.1) is 5.10 Å². The van der Waals surface area contributed by atoms with Crippen LogP contribution in [0.5, 0.6) is 0 Å². The number of pyridine rings is 1. The van der Waals surface area contributed by atoms with Gasteiger partial charge in [-0.3, -0.25) is 14.6 Å². The molecule has 2 heterocycles. The van der Waals surface area contributed by atoms with Crippen molar-refractivity contribution in [3.63, 3.8) is 0 Å². The molecule has 0 unspecified atom stereocenters. The average molecular weight is 363 g/mol. The van der Waals surface area contributed by atoms with Gasteiger partial charge >= 0.3 is 11.8 Å². The van der Waals surface area contributed by atoms with E-state index in [4.69, 9.17) is 0 Å². The van der Waals surface area contributed by atoms with Gasteiger partial charge in [0, 0.05) is 30.2 Å². The molecule has 1 aliphatic carbocycles. The maximum atomic E-state index is 12.1. The zero-order valence-electron chi connectivity index (χ0n) is 14.4. The maximum Gasteiger partial charge on any atom is 0.313 e. The Hall–Kier alpha value is -3.62. The highest BCUT2D eigenvalue weighted by Gasteiger charge is 2.28. The Bertz CT molecular complexity index is 967. The van der Waals surface area contributed by atoms with Gasteiger partial charge in [-0.2, -0.15) is 0 Å². The Balaban J connectivity index is 1.41. The summed E-state index contributed by atoms with van der Waals surface area (Å²) in [6.45, 7) is 0.255. The van der Waals surface area contributed by atoms with E-state index in [0.717, 1.165) is 24.0 Å². The number of hydrogen-bond acceptors (Lipinski definition) is 6. The van der Waals surface area contributed by atoms with E-state index >= 15 is 0 Å². The number of nitrogens with zero attached hydrogens (tertiary/aromatic N) is 5. The summed E-state index contributed by atoms with van der Waals surface area (Å²) in [5, 5.41) is 17.0. The first-order chi connectivity index (χ1) is 13.2. The predicted molar refractivity (Wildman–Crippen MR) is 96.2 cm³/mol. The lowest BCUT2D eigenvalue weighted by atomic mass is 10.2. The Morgan fingerprint density at radius 2 is 1.93 bits per heavy atom. The quantitative estimate of drug-likeness (QED) is 0.661. The Kier molecular flexibility index (Phi) is 4.56. The van der Waals surface area contributed by atoms with Crippen LogP contribution in [0.1, 0.15) is 24.4 Å². The van der Waals surface area contributed by atoms with Crippen molar-refractivity contribution < 1.29 is 9.59 Å². The number of aromatic nitrogens is 5. The minimum absolute atomic E-state index is 0.255. The summed E-state index contributed by atoms with van der Waals surface area (Å²) in [5.74, 6) is -0.793. The minimum atomic E-state index is -0.733. The molecule has 1 saturated carbocycles. The average Bonchev–Trinajstić information content (AvgIpc) is 3.43. The molecule has 4 rings (SSSR count). The highest BCUT2D eigenvalue weighted by molar-refractivity contribution is 6.39. The van der Waals surface area contributed by atoms with Crippen LogP contribution in [0.15, 0.2) is 48.8 Å². The molecule has 0 bridgehead atoms. The van der Waals surface area contributed by atoms with Crippen molar-refractivity contribution in [1.29, 1.82) is 0 Å². The van der Waals surface area contributed by atoms with Crippen LogP contribution in [0.4, 0.5) is 5.69 Å². The van der Waals surface area contributed by atoms with Gasteiger partial charge in [-0.05, 0) is 53.1 Å². The first kappa shape index (κ1) is 16.8. The molecule has 136 valence electrons. The van der Waals surface area contributed by atoms with Crippen molar-refractivity contribution in [2.75, 3.05) is 5.32 Å². The van der Waals surface area contributed by atoms with Crippen LogP contribution >= 0.6 is 0 Å². The highest BCUT2D eigenvalue weighted by Crippen LogP contribution is 2.36. The van der Waals surface area contributed by atoms with Crippen molar-refractivity contribution in [3.05, 3.63) is 54.4 Å². The van der Waals surface area contributed by atoms with E-state index in [0.29, 0.717) is 17.6 Å². The van der Waals surface area contributed by atoms with Crippen molar-refractivity contribution in [2.24, 2.45) is 0 Å². The van der Waals surface area contributed by atoms with E-state index in [1.807, 2.05) is 6.07 Å². The van der Waals surface area contributed by atoms with Gasteiger partial charge in [0.05, 0.1) is 6.04 Å². The monoisotopic (exact) mass is 363 g/mol. The summed E-state index contributed by atoms with van der Waals surface area (Å²) in [5.41, 5.74) is 2.14. The Morgan fingerprint density at radius 1 is 1.11 bits per heavy atom. The third-order valence-corrected chi connectivity index (χ3v) is 4.17. The molecule has 0 saturated heterocycles. The van der Waals surface area contributed by atoms with E-state index in [1.165, 1.54) is 0 Å². The number of amides is 2. The normalized spacial score (nSPS) is 13.2. The van der Waals surface area contributed by atoms with E-state index in [2.05, 4.69) is 31.1 Å². The molecule has 0 radical (unpaired) electrons. The maximum absolute atomic E-state index is 12.1. The van der Waals surface area contributed by atoms with Crippen molar-refractivity contribution >= 4 is 17.5 Å². The fraction of sp³-hybridized carbons (Fsp3) is 0.222. The molecule has 0 aliphatic heterocycles. The number of nitrogens with one attached hydrogen (secondary N) is 2. The molecule has 9 heteroatoms. The molecular weight excluding hydrogens is 346 g/mol. The SMILES string of the molecule is O=C(NCc1ccncc1)C(=O)Nc1cccc(-c2nnnn2C2CC2)c1. The van der Waals surface area contributed by atoms with Crippen LogP contribution in [0.25, 0.3) is 11.4 Å². The van der Waals surface area contributed by atoms with Crippen LogP contribution in [0.3, 0.4) is 0 Å². The molecule has 1 aromatic carbocycles. The van der Waals surface area contributed by atoms with Crippen LogP contribution < -0.4 is 10.6 Å². The number of anilines is 1. The van der Waals surface area contributed by atoms with Crippen LogP contribution in [-0.4, -0.2) is 37.0 Å². The van der Waals surface area contributed by atoms with Gasteiger partial charge in [0.1, 0.15) is 0 Å². The summed E-state index contributed by atoms with van der Waals surface area (Å²) in [4.78, 5) is 28.1. The highest BCUT2D eigenvalue weighted by atomic mass is 16.2. The Morgan fingerprint density at radius 3 is 2.70 bits per heavy atom. The zero-order chi connectivity index (χ0) is 18.6. The lowest BCUT2D eigenvalue weighted by Crippen LogP contribution is -2.34. The summed E-state index contributed by atoms with van der Waals surface area (Å²) >= 11 is 0. The van der Waals surface area contributed by atoms with Gasteiger partial charge in [0.15, 0.2) is 5.82 Å². The summed E-state index contributed by atoms with van der Waals surface area (Å²) in [6.07, 6.45) is 5.38. The molecular formula is C18H17N7O2. The standard InChI is InChI=1S/C18H17N7O2/c26-17(20-11-12-6-8-19-9-7-12)18(27)21-14-3-1-2-13(10-14)16-22-23-24-25(16)15-4-5-15/h1-3,6-10,15H,4-5,11H2,(H,20,26)(H,21,27). The van der Waals surface area contributed by atoms with E-state index < -0.39 is 11.8 Å². The molecule has 0 spiro atoms. The number of benzene rings is 1.